The van der Waals surface area contributed by atoms with Crippen molar-refractivity contribution in [3.8, 4) is 0 Å². The Morgan fingerprint density at radius 3 is 2.54 bits per heavy atom. The lowest BCUT2D eigenvalue weighted by molar-refractivity contribution is 0.290. The summed E-state index contributed by atoms with van der Waals surface area (Å²) >= 11 is 0. The molecule has 1 unspecified atom stereocenters. The molecular weight excluding hydrogens is 160 g/mol. The monoisotopic (exact) mass is 174 g/mol. The summed E-state index contributed by atoms with van der Waals surface area (Å²) in [6.45, 7) is 2.08. The van der Waals surface area contributed by atoms with E-state index in [9.17, 15) is 0 Å². The van der Waals surface area contributed by atoms with Crippen molar-refractivity contribution in [3.05, 3.63) is 35.9 Å². The molecule has 1 aliphatic heterocycles. The van der Waals surface area contributed by atoms with Crippen LogP contribution >= 0.6 is 0 Å². The third-order valence-corrected chi connectivity index (χ3v) is 2.45. The van der Waals surface area contributed by atoms with Crippen LogP contribution in [-0.2, 0) is 0 Å². The molecule has 0 spiro atoms. The average molecular weight is 174 g/mol. The molecule has 1 aromatic carbocycles. The van der Waals surface area contributed by atoms with Crippen molar-refractivity contribution in [1.29, 1.82) is 0 Å². The molecule has 0 N–H and O–H groups in total. The predicted molar refractivity (Wildman–Crippen MR) is 54.7 cm³/mol. The lowest BCUT2D eigenvalue weighted by Gasteiger charge is -2.18. The predicted octanol–water partition coefficient (Wildman–Crippen LogP) is 2.44. The van der Waals surface area contributed by atoms with Gasteiger partial charge in [0.1, 0.15) is 0 Å². The molecule has 13 heavy (non-hydrogen) atoms. The largest absolute Gasteiger partial charge is 0.292 e. The quantitative estimate of drug-likeness (QED) is 0.638. The molecule has 68 valence electrons. The van der Waals surface area contributed by atoms with E-state index in [2.05, 4.69) is 36.3 Å². The Labute approximate surface area is 78.9 Å². The van der Waals surface area contributed by atoms with Gasteiger partial charge in [-0.05, 0) is 12.5 Å². The van der Waals surface area contributed by atoms with E-state index in [1.807, 2.05) is 18.1 Å². The molecule has 2 nitrogen and oxygen atoms in total. The van der Waals surface area contributed by atoms with Crippen LogP contribution in [0.4, 0.5) is 0 Å². The second-order valence-electron chi connectivity index (χ2n) is 3.54. The van der Waals surface area contributed by atoms with Gasteiger partial charge in [-0.25, -0.2) is 0 Å². The van der Waals surface area contributed by atoms with E-state index in [0.29, 0.717) is 6.04 Å². The highest BCUT2D eigenvalue weighted by Gasteiger charge is 2.22. The van der Waals surface area contributed by atoms with Gasteiger partial charge in [-0.15, -0.1) is 0 Å². The maximum atomic E-state index is 4.40. The van der Waals surface area contributed by atoms with Gasteiger partial charge in [-0.3, -0.25) is 5.01 Å². The van der Waals surface area contributed by atoms with Gasteiger partial charge in [0.15, 0.2) is 0 Å². The van der Waals surface area contributed by atoms with E-state index < -0.39 is 0 Å². The molecular formula is C11H14N2. The molecule has 0 aromatic heterocycles. The summed E-state index contributed by atoms with van der Waals surface area (Å²) in [5.74, 6) is 0. The molecule has 0 saturated carbocycles. The molecule has 0 bridgehead atoms. The van der Waals surface area contributed by atoms with Crippen molar-refractivity contribution in [2.45, 2.75) is 19.4 Å². The fraction of sp³-hybridized carbons (Fsp3) is 0.364. The number of hydrogen-bond donors (Lipinski definition) is 0. The summed E-state index contributed by atoms with van der Waals surface area (Å²) in [5, 5.41) is 6.44. The van der Waals surface area contributed by atoms with Gasteiger partial charge in [0, 0.05) is 19.2 Å². The zero-order valence-electron chi connectivity index (χ0n) is 8.07. The van der Waals surface area contributed by atoms with Crippen molar-refractivity contribution in [2.75, 3.05) is 7.05 Å². The van der Waals surface area contributed by atoms with Crippen LogP contribution in [0, 0.1) is 0 Å². The van der Waals surface area contributed by atoms with E-state index in [1.54, 1.807) is 0 Å². The summed E-state index contributed by atoms with van der Waals surface area (Å²) in [5.41, 5.74) is 2.57. The second-order valence-corrected chi connectivity index (χ2v) is 3.54. The lowest BCUT2D eigenvalue weighted by Crippen LogP contribution is -2.13. The van der Waals surface area contributed by atoms with Gasteiger partial charge >= 0.3 is 0 Å². The SMILES string of the molecule is CC1=NN(C)C(c2ccccc2)C1. The number of hydrazone groups is 1. The van der Waals surface area contributed by atoms with Gasteiger partial charge in [0.2, 0.25) is 0 Å². The van der Waals surface area contributed by atoms with Crippen LogP contribution in [0.5, 0.6) is 0 Å². The standard InChI is InChI=1S/C11H14N2/c1-9-8-11(13(2)12-9)10-6-4-3-5-7-10/h3-7,11H,8H2,1-2H3. The fourth-order valence-corrected chi connectivity index (χ4v) is 1.80. The van der Waals surface area contributed by atoms with E-state index in [1.165, 1.54) is 11.3 Å². The number of hydrogen-bond acceptors (Lipinski definition) is 2. The topological polar surface area (TPSA) is 15.6 Å². The Hall–Kier alpha value is -1.31. The molecule has 2 heteroatoms. The van der Waals surface area contributed by atoms with Crippen LogP contribution in [0.1, 0.15) is 24.9 Å². The minimum absolute atomic E-state index is 0.446. The fourth-order valence-electron chi connectivity index (χ4n) is 1.80. The molecule has 1 aliphatic rings. The summed E-state index contributed by atoms with van der Waals surface area (Å²) in [6.07, 6.45) is 1.06. The summed E-state index contributed by atoms with van der Waals surface area (Å²) in [6, 6.07) is 11.0. The van der Waals surface area contributed by atoms with Crippen molar-refractivity contribution in [2.24, 2.45) is 5.10 Å². The van der Waals surface area contributed by atoms with Crippen LogP contribution < -0.4 is 0 Å². The van der Waals surface area contributed by atoms with Gasteiger partial charge in [-0.2, -0.15) is 5.10 Å². The van der Waals surface area contributed by atoms with Crippen LogP contribution in [0.25, 0.3) is 0 Å². The molecule has 1 atom stereocenters. The lowest BCUT2D eigenvalue weighted by atomic mass is 10.0. The van der Waals surface area contributed by atoms with Crippen LogP contribution in [-0.4, -0.2) is 17.8 Å². The maximum Gasteiger partial charge on any atom is 0.0769 e. The summed E-state index contributed by atoms with van der Waals surface area (Å²) in [4.78, 5) is 0. The zero-order chi connectivity index (χ0) is 9.26. The van der Waals surface area contributed by atoms with Gasteiger partial charge in [-0.1, -0.05) is 30.3 Å². The minimum Gasteiger partial charge on any atom is -0.292 e. The Morgan fingerprint density at radius 1 is 1.31 bits per heavy atom. The highest BCUT2D eigenvalue weighted by Crippen LogP contribution is 2.28. The zero-order valence-corrected chi connectivity index (χ0v) is 8.07. The first-order chi connectivity index (χ1) is 6.27. The molecule has 1 heterocycles. The van der Waals surface area contributed by atoms with Gasteiger partial charge in [0.25, 0.3) is 0 Å². The minimum atomic E-state index is 0.446. The number of rotatable bonds is 1. The molecule has 0 saturated heterocycles. The first-order valence-electron chi connectivity index (χ1n) is 4.59. The second kappa shape index (κ2) is 3.21. The number of nitrogens with zero attached hydrogens (tertiary/aromatic N) is 2. The normalized spacial score (nSPS) is 21.8. The maximum absolute atomic E-state index is 4.40. The third-order valence-electron chi connectivity index (χ3n) is 2.45. The van der Waals surface area contributed by atoms with Crippen molar-refractivity contribution < 1.29 is 0 Å². The van der Waals surface area contributed by atoms with Crippen molar-refractivity contribution >= 4 is 5.71 Å². The highest BCUT2D eigenvalue weighted by atomic mass is 15.5. The van der Waals surface area contributed by atoms with Crippen molar-refractivity contribution in [3.63, 3.8) is 0 Å². The summed E-state index contributed by atoms with van der Waals surface area (Å²) < 4.78 is 0. The smallest absolute Gasteiger partial charge is 0.0769 e. The average Bonchev–Trinajstić information content (AvgIpc) is 2.47. The van der Waals surface area contributed by atoms with Crippen molar-refractivity contribution in [1.82, 2.24) is 5.01 Å². The molecule has 0 fully saturated rings. The van der Waals surface area contributed by atoms with Gasteiger partial charge < -0.3 is 0 Å². The Morgan fingerprint density at radius 2 is 2.00 bits per heavy atom. The molecule has 0 radical (unpaired) electrons. The molecule has 1 aromatic rings. The Balaban J connectivity index is 2.21. The third kappa shape index (κ3) is 1.57. The summed E-state index contributed by atoms with van der Waals surface area (Å²) in [7, 11) is 2.04. The highest BCUT2D eigenvalue weighted by molar-refractivity contribution is 5.83. The first-order valence-corrected chi connectivity index (χ1v) is 4.59. The molecule has 0 aliphatic carbocycles. The van der Waals surface area contributed by atoms with Crippen LogP contribution in [0.3, 0.4) is 0 Å². The first kappa shape index (κ1) is 8.30. The van der Waals surface area contributed by atoms with Crippen LogP contribution in [0.15, 0.2) is 35.4 Å². The molecule has 2 rings (SSSR count). The van der Waals surface area contributed by atoms with Crippen LogP contribution in [0.2, 0.25) is 0 Å². The van der Waals surface area contributed by atoms with Gasteiger partial charge in [0.05, 0.1) is 6.04 Å². The number of benzene rings is 1. The Kier molecular flexibility index (Phi) is 2.05. The van der Waals surface area contributed by atoms with E-state index in [0.717, 1.165) is 6.42 Å². The molecule has 0 amide bonds. The van der Waals surface area contributed by atoms with E-state index in [4.69, 9.17) is 0 Å². The van der Waals surface area contributed by atoms with E-state index >= 15 is 0 Å². The van der Waals surface area contributed by atoms with E-state index in [-0.39, 0.29) is 0 Å². The Bertz CT molecular complexity index is 316.